The summed E-state index contributed by atoms with van der Waals surface area (Å²) < 4.78 is 0. The fourth-order valence-electron chi connectivity index (χ4n) is 2.65. The SMILES string of the molecule is CCc1sc(C(=O)NNC(=O)CS[C@@H](C)c2nc3ccccc3[nH]2)cc1C. The molecule has 0 saturated carbocycles. The first kappa shape index (κ1) is 19.4. The Kier molecular flexibility index (Phi) is 6.18. The number of hydrogen-bond donors (Lipinski definition) is 3. The molecule has 1 atom stereocenters. The number of hydrazine groups is 1. The molecule has 0 radical (unpaired) electrons. The lowest BCUT2D eigenvalue weighted by molar-refractivity contribution is -0.119. The van der Waals surface area contributed by atoms with Crippen LogP contribution in [-0.2, 0) is 11.2 Å². The molecular formula is C19H22N4O2S2. The molecule has 0 fully saturated rings. The number of benzene rings is 1. The van der Waals surface area contributed by atoms with Gasteiger partial charge >= 0.3 is 0 Å². The van der Waals surface area contributed by atoms with Crippen LogP contribution in [0.15, 0.2) is 30.3 Å². The van der Waals surface area contributed by atoms with E-state index in [0.29, 0.717) is 4.88 Å². The van der Waals surface area contributed by atoms with E-state index in [9.17, 15) is 9.59 Å². The van der Waals surface area contributed by atoms with E-state index < -0.39 is 0 Å². The zero-order chi connectivity index (χ0) is 19.4. The van der Waals surface area contributed by atoms with Gasteiger partial charge in [0.25, 0.3) is 5.91 Å². The maximum Gasteiger partial charge on any atom is 0.279 e. The molecule has 0 aliphatic rings. The fraction of sp³-hybridized carbons (Fsp3) is 0.316. The van der Waals surface area contributed by atoms with E-state index in [1.807, 2.05) is 44.2 Å². The second-order valence-corrected chi connectivity index (χ2v) is 8.63. The minimum Gasteiger partial charge on any atom is -0.341 e. The summed E-state index contributed by atoms with van der Waals surface area (Å²) in [5, 5.41) is 0.0332. The van der Waals surface area contributed by atoms with Gasteiger partial charge in [-0.15, -0.1) is 23.1 Å². The number of aromatic amines is 1. The predicted octanol–water partition coefficient (Wildman–Crippen LogP) is 3.75. The van der Waals surface area contributed by atoms with Crippen LogP contribution in [0.3, 0.4) is 0 Å². The van der Waals surface area contributed by atoms with E-state index in [-0.39, 0.29) is 22.8 Å². The highest BCUT2D eigenvalue weighted by atomic mass is 32.2. The highest BCUT2D eigenvalue weighted by Crippen LogP contribution is 2.27. The predicted molar refractivity (Wildman–Crippen MR) is 111 cm³/mol. The molecule has 0 saturated heterocycles. The van der Waals surface area contributed by atoms with Crippen LogP contribution in [0.25, 0.3) is 11.0 Å². The number of amides is 2. The van der Waals surface area contributed by atoms with Crippen molar-refractivity contribution in [1.82, 2.24) is 20.8 Å². The van der Waals surface area contributed by atoms with Gasteiger partial charge in [-0.3, -0.25) is 20.4 Å². The van der Waals surface area contributed by atoms with Crippen LogP contribution in [0, 0.1) is 6.92 Å². The minimum absolute atomic E-state index is 0.0332. The lowest BCUT2D eigenvalue weighted by Gasteiger charge is -2.09. The molecule has 3 rings (SSSR count). The van der Waals surface area contributed by atoms with Crippen molar-refractivity contribution in [2.75, 3.05) is 5.75 Å². The first-order chi connectivity index (χ1) is 13.0. The summed E-state index contributed by atoms with van der Waals surface area (Å²) in [5.41, 5.74) is 7.96. The van der Waals surface area contributed by atoms with Crippen LogP contribution in [0.5, 0.6) is 0 Å². The minimum atomic E-state index is -0.286. The molecule has 2 heterocycles. The average Bonchev–Trinajstić information content (AvgIpc) is 3.27. The molecule has 8 heteroatoms. The summed E-state index contributed by atoms with van der Waals surface area (Å²) in [6.07, 6.45) is 0.895. The second kappa shape index (κ2) is 8.58. The number of para-hydroxylation sites is 2. The molecule has 1 aromatic carbocycles. The molecule has 27 heavy (non-hydrogen) atoms. The van der Waals surface area contributed by atoms with Crippen LogP contribution < -0.4 is 10.9 Å². The maximum absolute atomic E-state index is 12.2. The van der Waals surface area contributed by atoms with E-state index in [1.165, 1.54) is 28.0 Å². The number of nitrogens with one attached hydrogen (secondary N) is 3. The Bertz CT molecular complexity index is 931. The Morgan fingerprint density at radius 3 is 2.78 bits per heavy atom. The molecule has 0 unspecified atom stereocenters. The van der Waals surface area contributed by atoms with Crippen LogP contribution >= 0.6 is 23.1 Å². The molecule has 2 amide bonds. The monoisotopic (exact) mass is 402 g/mol. The zero-order valence-electron chi connectivity index (χ0n) is 15.5. The summed E-state index contributed by atoms with van der Waals surface area (Å²) in [5.74, 6) is 0.522. The van der Waals surface area contributed by atoms with Crippen LogP contribution in [0.1, 0.15) is 45.0 Å². The molecule has 0 aliphatic heterocycles. The van der Waals surface area contributed by atoms with E-state index in [2.05, 4.69) is 27.7 Å². The van der Waals surface area contributed by atoms with Crippen LogP contribution in [0.2, 0.25) is 0 Å². The van der Waals surface area contributed by atoms with Crippen molar-refractivity contribution in [3.63, 3.8) is 0 Å². The van der Waals surface area contributed by atoms with Crippen molar-refractivity contribution >= 4 is 45.9 Å². The lowest BCUT2D eigenvalue weighted by Crippen LogP contribution is -2.42. The van der Waals surface area contributed by atoms with Crippen molar-refractivity contribution in [1.29, 1.82) is 0 Å². The number of aromatic nitrogens is 2. The third-order valence-corrected chi connectivity index (χ3v) is 6.67. The highest BCUT2D eigenvalue weighted by molar-refractivity contribution is 8.00. The molecule has 3 aromatic rings. The van der Waals surface area contributed by atoms with Gasteiger partial charge in [0.1, 0.15) is 5.82 Å². The van der Waals surface area contributed by atoms with Gasteiger partial charge in [0.15, 0.2) is 0 Å². The quantitative estimate of drug-likeness (QED) is 0.548. The largest absolute Gasteiger partial charge is 0.341 e. The van der Waals surface area contributed by atoms with Gasteiger partial charge in [-0.05, 0) is 44.0 Å². The summed E-state index contributed by atoms with van der Waals surface area (Å²) in [7, 11) is 0. The van der Waals surface area contributed by atoms with E-state index >= 15 is 0 Å². The molecule has 142 valence electrons. The first-order valence-electron chi connectivity index (χ1n) is 8.72. The molecule has 0 bridgehead atoms. The molecular weight excluding hydrogens is 380 g/mol. The summed E-state index contributed by atoms with van der Waals surface area (Å²) >= 11 is 2.91. The third kappa shape index (κ3) is 4.70. The van der Waals surface area contributed by atoms with Gasteiger partial charge in [0.05, 0.1) is 26.9 Å². The smallest absolute Gasteiger partial charge is 0.279 e. The number of thioether (sulfide) groups is 1. The molecule has 2 aromatic heterocycles. The van der Waals surface area contributed by atoms with Gasteiger partial charge in [-0.25, -0.2) is 4.98 Å². The Labute approximate surface area is 166 Å². The first-order valence-corrected chi connectivity index (χ1v) is 10.6. The van der Waals surface area contributed by atoms with Crippen molar-refractivity contribution in [3.8, 4) is 0 Å². The van der Waals surface area contributed by atoms with Gasteiger partial charge in [-0.1, -0.05) is 19.1 Å². The van der Waals surface area contributed by atoms with Gasteiger partial charge in [0.2, 0.25) is 5.91 Å². The number of aryl methyl sites for hydroxylation is 2. The summed E-state index contributed by atoms with van der Waals surface area (Å²) in [6.45, 7) is 6.04. The Morgan fingerprint density at radius 2 is 2.07 bits per heavy atom. The zero-order valence-corrected chi connectivity index (χ0v) is 17.1. The molecule has 0 spiro atoms. The van der Waals surface area contributed by atoms with Gasteiger partial charge in [-0.2, -0.15) is 0 Å². The number of carbonyl (C=O) groups excluding carboxylic acids is 2. The Morgan fingerprint density at radius 1 is 1.30 bits per heavy atom. The number of H-pyrrole nitrogens is 1. The topological polar surface area (TPSA) is 86.9 Å². The third-order valence-electron chi connectivity index (χ3n) is 4.14. The number of imidazole rings is 1. The number of rotatable bonds is 6. The average molecular weight is 403 g/mol. The van der Waals surface area contributed by atoms with Crippen molar-refractivity contribution in [2.45, 2.75) is 32.4 Å². The van der Waals surface area contributed by atoms with Crippen molar-refractivity contribution in [3.05, 3.63) is 51.5 Å². The van der Waals surface area contributed by atoms with Crippen LogP contribution in [-0.4, -0.2) is 27.5 Å². The lowest BCUT2D eigenvalue weighted by atomic mass is 10.2. The summed E-state index contributed by atoms with van der Waals surface area (Å²) in [6, 6.07) is 9.67. The molecule has 3 N–H and O–H groups in total. The Hall–Kier alpha value is -2.32. The van der Waals surface area contributed by atoms with E-state index in [4.69, 9.17) is 0 Å². The van der Waals surface area contributed by atoms with Crippen molar-refractivity contribution < 1.29 is 9.59 Å². The number of fused-ring (bicyclic) bond motifs is 1. The molecule has 0 aliphatic carbocycles. The van der Waals surface area contributed by atoms with E-state index in [0.717, 1.165) is 28.8 Å². The number of thiophene rings is 1. The number of nitrogens with zero attached hydrogens (tertiary/aromatic N) is 1. The Balaban J connectivity index is 1.48. The number of hydrogen-bond acceptors (Lipinski definition) is 5. The van der Waals surface area contributed by atoms with Gasteiger partial charge < -0.3 is 4.98 Å². The van der Waals surface area contributed by atoms with Crippen LogP contribution in [0.4, 0.5) is 0 Å². The van der Waals surface area contributed by atoms with Crippen molar-refractivity contribution in [2.24, 2.45) is 0 Å². The van der Waals surface area contributed by atoms with E-state index in [1.54, 1.807) is 0 Å². The number of carbonyl (C=O) groups is 2. The highest BCUT2D eigenvalue weighted by Gasteiger charge is 2.15. The standard InChI is InChI=1S/C19H22N4O2S2/c1-4-15-11(2)9-16(27-15)19(25)23-22-17(24)10-26-12(3)18-20-13-7-5-6-8-14(13)21-18/h5-9,12H,4,10H2,1-3H3,(H,20,21)(H,22,24)(H,23,25)/t12-/m0/s1. The normalized spacial score (nSPS) is 12.1. The second-order valence-electron chi connectivity index (χ2n) is 6.17. The molecule has 6 nitrogen and oxygen atoms in total. The fourth-order valence-corrected chi connectivity index (χ4v) is 4.40. The van der Waals surface area contributed by atoms with Gasteiger partial charge in [0, 0.05) is 4.88 Å². The maximum atomic E-state index is 12.2. The summed E-state index contributed by atoms with van der Waals surface area (Å²) in [4.78, 5) is 33.8.